The molecule has 0 saturated carbocycles. The van der Waals surface area contributed by atoms with Gasteiger partial charge in [0.1, 0.15) is 18.2 Å². The molecule has 5 rings (SSSR count). The number of hydrogen-bond donors (Lipinski definition) is 1. The lowest BCUT2D eigenvalue weighted by Crippen LogP contribution is -2.36. The maximum atomic E-state index is 12.1. The summed E-state index contributed by atoms with van der Waals surface area (Å²) in [6, 6.07) is 13.8. The van der Waals surface area contributed by atoms with Gasteiger partial charge in [0.25, 0.3) is 5.91 Å². The summed E-state index contributed by atoms with van der Waals surface area (Å²) in [5, 5.41) is 37.6. The van der Waals surface area contributed by atoms with Crippen LogP contribution in [-0.2, 0) is 4.79 Å². The van der Waals surface area contributed by atoms with Crippen molar-refractivity contribution in [3.63, 3.8) is 0 Å². The first kappa shape index (κ1) is 22.7. The van der Waals surface area contributed by atoms with Gasteiger partial charge < -0.3 is 10.0 Å². The Balaban J connectivity index is 1.49. The van der Waals surface area contributed by atoms with Crippen molar-refractivity contribution in [1.82, 2.24) is 24.3 Å². The second-order valence-corrected chi connectivity index (χ2v) is 9.46. The SMILES string of the molecule is C[C@@H](O)C(=O)N1CCC(n2cc(-c3cc(Sc4ccccc4C#N)c4c(C#N)cnn4c3)cn2)C1. The van der Waals surface area contributed by atoms with Gasteiger partial charge in [-0.2, -0.15) is 20.7 Å². The third kappa shape index (κ3) is 4.26. The molecule has 10 heteroatoms. The van der Waals surface area contributed by atoms with Crippen LogP contribution in [0.2, 0.25) is 0 Å². The summed E-state index contributed by atoms with van der Waals surface area (Å²) < 4.78 is 3.54. The van der Waals surface area contributed by atoms with Crippen LogP contribution in [0, 0.1) is 22.7 Å². The van der Waals surface area contributed by atoms with E-state index >= 15 is 0 Å². The molecule has 1 aliphatic rings. The Bertz CT molecular complexity index is 1510. The van der Waals surface area contributed by atoms with Crippen molar-refractivity contribution >= 4 is 23.2 Å². The first-order valence-corrected chi connectivity index (χ1v) is 11.9. The van der Waals surface area contributed by atoms with Crippen LogP contribution < -0.4 is 0 Å². The molecule has 1 N–H and O–H groups in total. The van der Waals surface area contributed by atoms with Crippen LogP contribution in [0.25, 0.3) is 16.6 Å². The largest absolute Gasteiger partial charge is 0.384 e. The molecule has 0 radical (unpaired) electrons. The Morgan fingerprint density at radius 1 is 1.11 bits per heavy atom. The van der Waals surface area contributed by atoms with Crippen molar-refractivity contribution in [1.29, 1.82) is 10.5 Å². The van der Waals surface area contributed by atoms with Crippen molar-refractivity contribution in [2.24, 2.45) is 0 Å². The Labute approximate surface area is 205 Å². The van der Waals surface area contributed by atoms with E-state index in [-0.39, 0.29) is 11.9 Å². The van der Waals surface area contributed by atoms with E-state index in [1.807, 2.05) is 41.3 Å². The van der Waals surface area contributed by atoms with E-state index in [1.165, 1.54) is 24.9 Å². The van der Waals surface area contributed by atoms with Crippen molar-refractivity contribution in [3.8, 4) is 23.3 Å². The summed E-state index contributed by atoms with van der Waals surface area (Å²) in [6.45, 7) is 2.56. The molecule has 4 aromatic rings. The van der Waals surface area contributed by atoms with Gasteiger partial charge in [0.15, 0.2) is 0 Å². The summed E-state index contributed by atoms with van der Waals surface area (Å²) in [5.74, 6) is -0.267. The van der Waals surface area contributed by atoms with E-state index in [0.717, 1.165) is 27.3 Å². The molecule has 1 amide bonds. The predicted molar refractivity (Wildman–Crippen MR) is 128 cm³/mol. The van der Waals surface area contributed by atoms with Gasteiger partial charge in [0, 0.05) is 46.4 Å². The quantitative estimate of drug-likeness (QED) is 0.462. The van der Waals surface area contributed by atoms with E-state index in [4.69, 9.17) is 0 Å². The van der Waals surface area contributed by atoms with E-state index in [2.05, 4.69) is 22.3 Å². The number of fused-ring (bicyclic) bond motifs is 1. The fourth-order valence-corrected chi connectivity index (χ4v) is 5.37. The van der Waals surface area contributed by atoms with Crippen molar-refractivity contribution in [2.45, 2.75) is 35.3 Å². The number of nitriles is 2. The number of carbonyl (C=O) groups is 1. The first-order chi connectivity index (χ1) is 17.0. The highest BCUT2D eigenvalue weighted by Crippen LogP contribution is 2.37. The summed E-state index contributed by atoms with van der Waals surface area (Å²) in [4.78, 5) is 15.4. The lowest BCUT2D eigenvalue weighted by Gasteiger charge is -2.18. The molecular weight excluding hydrogens is 462 g/mol. The summed E-state index contributed by atoms with van der Waals surface area (Å²) in [7, 11) is 0. The van der Waals surface area contributed by atoms with Gasteiger partial charge in [-0.15, -0.1) is 0 Å². The van der Waals surface area contributed by atoms with Gasteiger partial charge in [-0.1, -0.05) is 23.9 Å². The molecule has 1 aliphatic heterocycles. The number of benzene rings is 1. The Morgan fingerprint density at radius 3 is 2.69 bits per heavy atom. The molecule has 4 heterocycles. The number of amides is 1. The fraction of sp³-hybridized carbons (Fsp3) is 0.240. The van der Waals surface area contributed by atoms with Crippen LogP contribution in [0.1, 0.15) is 30.5 Å². The number of pyridine rings is 1. The molecule has 0 spiro atoms. The highest BCUT2D eigenvalue weighted by molar-refractivity contribution is 7.99. The van der Waals surface area contributed by atoms with E-state index in [1.54, 1.807) is 21.7 Å². The highest BCUT2D eigenvalue weighted by atomic mass is 32.2. The topological polar surface area (TPSA) is 123 Å². The number of nitrogens with zero attached hydrogens (tertiary/aromatic N) is 7. The number of hydrogen-bond acceptors (Lipinski definition) is 7. The molecule has 1 fully saturated rings. The van der Waals surface area contributed by atoms with Gasteiger partial charge in [0.2, 0.25) is 0 Å². The molecule has 174 valence electrons. The summed E-state index contributed by atoms with van der Waals surface area (Å²) in [5.41, 5.74) is 3.44. The zero-order chi connectivity index (χ0) is 24.5. The average Bonchev–Trinajstić information content (AvgIpc) is 3.63. The molecule has 2 atom stereocenters. The van der Waals surface area contributed by atoms with Crippen LogP contribution in [0.15, 0.2) is 64.9 Å². The van der Waals surface area contributed by atoms with Crippen molar-refractivity contribution < 1.29 is 9.90 Å². The molecule has 1 aromatic carbocycles. The monoisotopic (exact) mass is 483 g/mol. The van der Waals surface area contributed by atoms with E-state index in [0.29, 0.717) is 29.7 Å². The fourth-order valence-electron chi connectivity index (χ4n) is 4.28. The van der Waals surface area contributed by atoms with Gasteiger partial charge in [0.05, 0.1) is 35.1 Å². The minimum absolute atomic E-state index is 0.0291. The normalized spacial score (nSPS) is 16.2. The highest BCUT2D eigenvalue weighted by Gasteiger charge is 2.29. The van der Waals surface area contributed by atoms with Crippen LogP contribution in [0.3, 0.4) is 0 Å². The van der Waals surface area contributed by atoms with Gasteiger partial charge in [-0.3, -0.25) is 9.48 Å². The number of carbonyl (C=O) groups excluding carboxylic acids is 1. The van der Waals surface area contributed by atoms with Crippen LogP contribution >= 0.6 is 11.8 Å². The standard InChI is InChI=1S/C25H21N7O2S/c1-16(33)25(34)30-7-6-21(15-30)31-14-20(12-28-31)18-8-23(24-19(10-27)11-29-32(24)13-18)35-22-5-3-2-4-17(22)9-26/h2-5,8,11-14,16,21,33H,6-7,15H2,1H3/t16-,21?/m1/s1. The van der Waals surface area contributed by atoms with Gasteiger partial charge in [-0.25, -0.2) is 4.52 Å². The third-order valence-electron chi connectivity index (χ3n) is 6.07. The van der Waals surface area contributed by atoms with Crippen LogP contribution in [0.4, 0.5) is 0 Å². The second-order valence-electron chi connectivity index (χ2n) is 8.38. The maximum absolute atomic E-state index is 12.1. The number of aliphatic hydroxyl groups excluding tert-OH is 1. The Kier molecular flexibility index (Phi) is 6.00. The van der Waals surface area contributed by atoms with E-state index in [9.17, 15) is 20.4 Å². The first-order valence-electron chi connectivity index (χ1n) is 11.1. The average molecular weight is 484 g/mol. The van der Waals surface area contributed by atoms with Gasteiger partial charge >= 0.3 is 0 Å². The van der Waals surface area contributed by atoms with Crippen molar-refractivity contribution in [3.05, 3.63) is 66.2 Å². The molecule has 0 bridgehead atoms. The van der Waals surface area contributed by atoms with E-state index < -0.39 is 6.10 Å². The molecular formula is C25H21N7O2S. The molecule has 1 unspecified atom stereocenters. The zero-order valence-corrected chi connectivity index (χ0v) is 19.7. The maximum Gasteiger partial charge on any atom is 0.251 e. The number of likely N-dealkylation sites (tertiary alicyclic amines) is 1. The smallest absolute Gasteiger partial charge is 0.251 e. The van der Waals surface area contributed by atoms with Crippen LogP contribution in [0.5, 0.6) is 0 Å². The molecule has 9 nitrogen and oxygen atoms in total. The lowest BCUT2D eigenvalue weighted by molar-refractivity contribution is -0.138. The predicted octanol–water partition coefficient (Wildman–Crippen LogP) is 3.25. The molecule has 0 aliphatic carbocycles. The molecule has 3 aromatic heterocycles. The number of aliphatic hydroxyl groups is 1. The third-order valence-corrected chi connectivity index (χ3v) is 7.17. The summed E-state index contributed by atoms with van der Waals surface area (Å²) >= 11 is 1.42. The number of rotatable bonds is 5. The summed E-state index contributed by atoms with van der Waals surface area (Å²) in [6.07, 6.45) is 6.85. The minimum atomic E-state index is -1.01. The molecule has 35 heavy (non-hydrogen) atoms. The minimum Gasteiger partial charge on any atom is -0.384 e. The second kappa shape index (κ2) is 9.26. The lowest BCUT2D eigenvalue weighted by atomic mass is 10.1. The van der Waals surface area contributed by atoms with Crippen molar-refractivity contribution in [2.75, 3.05) is 13.1 Å². The van der Waals surface area contributed by atoms with Gasteiger partial charge in [-0.05, 0) is 31.5 Å². The Hall–Kier alpha value is -4.12. The zero-order valence-electron chi connectivity index (χ0n) is 18.9. The molecule has 1 saturated heterocycles. The van der Waals surface area contributed by atoms with Crippen LogP contribution in [-0.4, -0.2) is 54.5 Å². The number of aromatic nitrogens is 4. The Morgan fingerprint density at radius 2 is 1.91 bits per heavy atom.